The van der Waals surface area contributed by atoms with Gasteiger partial charge in [-0.1, -0.05) is 43.2 Å². The lowest BCUT2D eigenvalue weighted by Gasteiger charge is -2.12. The van der Waals surface area contributed by atoms with Gasteiger partial charge in [-0.05, 0) is 25.3 Å². The maximum atomic E-state index is 5.52. The third kappa shape index (κ3) is 13.1. The van der Waals surface area contributed by atoms with E-state index in [-0.39, 0.29) is 24.0 Å². The molecule has 0 radical (unpaired) electrons. The Kier molecular flexibility index (Phi) is 16.0. The Labute approximate surface area is 170 Å². The predicted octanol–water partition coefficient (Wildman–Crippen LogP) is 3.15. The van der Waals surface area contributed by atoms with E-state index in [1.54, 1.807) is 7.05 Å². The Bertz CT molecular complexity index is 452. The summed E-state index contributed by atoms with van der Waals surface area (Å²) in [6.07, 6.45) is 3.26. The summed E-state index contributed by atoms with van der Waals surface area (Å²) in [7, 11) is 1.78. The highest BCUT2D eigenvalue weighted by atomic mass is 127. The monoisotopic (exact) mass is 463 g/mol. The molecule has 25 heavy (non-hydrogen) atoms. The van der Waals surface area contributed by atoms with Gasteiger partial charge in [-0.15, -0.1) is 24.0 Å². The zero-order valence-electron chi connectivity index (χ0n) is 15.8. The average Bonchev–Trinajstić information content (AvgIpc) is 2.60. The Morgan fingerprint density at radius 2 is 1.60 bits per heavy atom. The Balaban J connectivity index is 0.00000576. The highest BCUT2D eigenvalue weighted by Crippen LogP contribution is 2.02. The zero-order valence-corrected chi connectivity index (χ0v) is 18.2. The molecule has 0 amide bonds. The first-order chi connectivity index (χ1) is 11.8. The molecular weight excluding hydrogens is 429 g/mol. The first kappa shape index (κ1) is 24.1. The zero-order chi connectivity index (χ0) is 17.5. The summed E-state index contributed by atoms with van der Waals surface area (Å²) in [4.78, 5) is 4.22. The number of nitrogens with zero attached hydrogens (tertiary/aromatic N) is 1. The van der Waals surface area contributed by atoms with E-state index in [0.717, 1.165) is 38.5 Å². The smallest absolute Gasteiger partial charge is 0.191 e. The van der Waals surface area contributed by atoms with Gasteiger partial charge in [0.25, 0.3) is 0 Å². The second-order valence-electron chi connectivity index (χ2n) is 5.74. The number of unbranched alkanes of at least 4 members (excludes halogenated alkanes) is 1. The molecule has 1 aromatic carbocycles. The summed E-state index contributed by atoms with van der Waals surface area (Å²) < 4.78 is 11.0. The molecule has 0 spiro atoms. The van der Waals surface area contributed by atoms with Crippen LogP contribution < -0.4 is 10.6 Å². The van der Waals surface area contributed by atoms with Crippen LogP contribution in [0.25, 0.3) is 0 Å². The molecule has 5 nitrogen and oxygen atoms in total. The topological polar surface area (TPSA) is 54.9 Å². The van der Waals surface area contributed by atoms with Gasteiger partial charge in [-0.25, -0.2) is 0 Å². The van der Waals surface area contributed by atoms with Gasteiger partial charge < -0.3 is 20.1 Å². The van der Waals surface area contributed by atoms with Crippen LogP contribution in [-0.2, 0) is 15.9 Å². The number of halogens is 1. The lowest BCUT2D eigenvalue weighted by Crippen LogP contribution is -2.39. The molecule has 1 rings (SSSR count). The van der Waals surface area contributed by atoms with Crippen molar-refractivity contribution in [1.29, 1.82) is 0 Å². The Morgan fingerprint density at radius 1 is 0.960 bits per heavy atom. The molecule has 0 saturated heterocycles. The van der Waals surface area contributed by atoms with Gasteiger partial charge in [0.05, 0.1) is 19.8 Å². The molecule has 0 aliphatic heterocycles. The molecule has 2 N–H and O–H groups in total. The SMILES string of the molecule is CCCCOCCOCCNC(=NC)NCCc1ccc(C)cc1.I. The lowest BCUT2D eigenvalue weighted by molar-refractivity contribution is 0.0487. The summed E-state index contributed by atoms with van der Waals surface area (Å²) in [5.74, 6) is 0.810. The van der Waals surface area contributed by atoms with Crippen molar-refractivity contribution in [3.05, 3.63) is 35.4 Å². The molecular formula is C19H34IN3O2. The maximum Gasteiger partial charge on any atom is 0.191 e. The second-order valence-corrected chi connectivity index (χ2v) is 5.74. The van der Waals surface area contributed by atoms with E-state index in [2.05, 4.69) is 53.7 Å². The number of aliphatic imine (C=N–C) groups is 1. The highest BCUT2D eigenvalue weighted by Gasteiger charge is 1.98. The quantitative estimate of drug-likeness (QED) is 0.217. The van der Waals surface area contributed by atoms with Crippen molar-refractivity contribution in [1.82, 2.24) is 10.6 Å². The van der Waals surface area contributed by atoms with E-state index in [4.69, 9.17) is 9.47 Å². The van der Waals surface area contributed by atoms with Crippen LogP contribution in [0.3, 0.4) is 0 Å². The Morgan fingerprint density at radius 3 is 2.24 bits per heavy atom. The second kappa shape index (κ2) is 16.6. The van der Waals surface area contributed by atoms with E-state index in [9.17, 15) is 0 Å². The molecule has 1 aromatic rings. The molecule has 0 heterocycles. The van der Waals surface area contributed by atoms with Crippen molar-refractivity contribution >= 4 is 29.9 Å². The summed E-state index contributed by atoms with van der Waals surface area (Å²) in [6.45, 7) is 8.65. The number of benzene rings is 1. The third-order valence-electron chi connectivity index (χ3n) is 3.60. The molecule has 6 heteroatoms. The first-order valence-electron chi connectivity index (χ1n) is 8.91. The van der Waals surface area contributed by atoms with Gasteiger partial charge >= 0.3 is 0 Å². The standard InChI is InChI=1S/C19H33N3O2.HI/c1-4-5-13-23-15-16-24-14-12-22-19(20-3)21-11-10-18-8-6-17(2)7-9-18;/h6-9H,4-5,10-16H2,1-3H3,(H2,20,21,22);1H. The molecule has 0 bridgehead atoms. The van der Waals surface area contributed by atoms with E-state index in [1.807, 2.05) is 0 Å². The predicted molar refractivity (Wildman–Crippen MR) is 116 cm³/mol. The van der Waals surface area contributed by atoms with Gasteiger partial charge in [-0.3, -0.25) is 4.99 Å². The van der Waals surface area contributed by atoms with E-state index in [0.29, 0.717) is 19.8 Å². The van der Waals surface area contributed by atoms with Crippen LogP contribution >= 0.6 is 24.0 Å². The van der Waals surface area contributed by atoms with Crippen molar-refractivity contribution in [2.75, 3.05) is 46.6 Å². The number of rotatable bonds is 12. The fourth-order valence-electron chi connectivity index (χ4n) is 2.11. The van der Waals surface area contributed by atoms with Gasteiger partial charge in [0.1, 0.15) is 0 Å². The van der Waals surface area contributed by atoms with Crippen LogP contribution in [0, 0.1) is 6.92 Å². The molecule has 0 aliphatic rings. The van der Waals surface area contributed by atoms with E-state index < -0.39 is 0 Å². The Hall–Kier alpha value is -0.860. The molecule has 0 saturated carbocycles. The summed E-state index contributed by atoms with van der Waals surface area (Å²) in [6, 6.07) is 8.63. The lowest BCUT2D eigenvalue weighted by atomic mass is 10.1. The normalized spacial score (nSPS) is 11.1. The van der Waals surface area contributed by atoms with Gasteiger partial charge in [-0.2, -0.15) is 0 Å². The molecule has 0 unspecified atom stereocenters. The number of hydrogen-bond donors (Lipinski definition) is 2. The van der Waals surface area contributed by atoms with Gasteiger partial charge in [0.15, 0.2) is 5.96 Å². The van der Waals surface area contributed by atoms with Crippen LogP contribution in [-0.4, -0.2) is 52.5 Å². The van der Waals surface area contributed by atoms with Gasteiger partial charge in [0, 0.05) is 26.7 Å². The molecule has 144 valence electrons. The van der Waals surface area contributed by atoms with Crippen molar-refractivity contribution < 1.29 is 9.47 Å². The minimum atomic E-state index is 0. The minimum absolute atomic E-state index is 0. The average molecular weight is 463 g/mol. The largest absolute Gasteiger partial charge is 0.379 e. The molecule has 0 aromatic heterocycles. The number of nitrogens with one attached hydrogen (secondary N) is 2. The minimum Gasteiger partial charge on any atom is -0.379 e. The number of aryl methyl sites for hydroxylation is 1. The highest BCUT2D eigenvalue weighted by molar-refractivity contribution is 14.0. The van der Waals surface area contributed by atoms with Crippen molar-refractivity contribution in [3.63, 3.8) is 0 Å². The summed E-state index contributed by atoms with van der Waals surface area (Å²) in [5.41, 5.74) is 2.62. The van der Waals surface area contributed by atoms with Crippen LogP contribution in [0.4, 0.5) is 0 Å². The van der Waals surface area contributed by atoms with Crippen molar-refractivity contribution in [3.8, 4) is 0 Å². The molecule has 0 atom stereocenters. The van der Waals surface area contributed by atoms with Crippen LogP contribution in [0.15, 0.2) is 29.3 Å². The first-order valence-corrected chi connectivity index (χ1v) is 8.91. The summed E-state index contributed by atoms with van der Waals surface area (Å²) >= 11 is 0. The molecule has 0 fully saturated rings. The fourth-order valence-corrected chi connectivity index (χ4v) is 2.11. The fraction of sp³-hybridized carbons (Fsp3) is 0.632. The van der Waals surface area contributed by atoms with Crippen molar-refractivity contribution in [2.24, 2.45) is 4.99 Å². The number of ether oxygens (including phenoxy) is 2. The third-order valence-corrected chi connectivity index (χ3v) is 3.60. The van der Waals surface area contributed by atoms with Crippen LogP contribution in [0.5, 0.6) is 0 Å². The summed E-state index contributed by atoms with van der Waals surface area (Å²) in [5, 5.41) is 6.57. The van der Waals surface area contributed by atoms with Gasteiger partial charge in [0.2, 0.25) is 0 Å². The van der Waals surface area contributed by atoms with Crippen molar-refractivity contribution in [2.45, 2.75) is 33.1 Å². The number of guanidine groups is 1. The molecule has 0 aliphatic carbocycles. The van der Waals surface area contributed by atoms with Crippen LogP contribution in [0.2, 0.25) is 0 Å². The van der Waals surface area contributed by atoms with E-state index >= 15 is 0 Å². The maximum absolute atomic E-state index is 5.52. The van der Waals surface area contributed by atoms with E-state index in [1.165, 1.54) is 17.5 Å². The number of hydrogen-bond acceptors (Lipinski definition) is 3. The van der Waals surface area contributed by atoms with Crippen LogP contribution in [0.1, 0.15) is 30.9 Å².